The summed E-state index contributed by atoms with van der Waals surface area (Å²) in [5, 5.41) is 15.8. The molecule has 5 rings (SSSR count). The van der Waals surface area contributed by atoms with Crippen LogP contribution in [0, 0.1) is 5.82 Å². The molecule has 0 spiro atoms. The summed E-state index contributed by atoms with van der Waals surface area (Å²) >= 11 is 0. The Morgan fingerprint density at radius 1 is 1.00 bits per heavy atom. The maximum atomic E-state index is 13.5. The summed E-state index contributed by atoms with van der Waals surface area (Å²) < 4.78 is 13.2. The number of hydrogen-bond acceptors (Lipinski definition) is 7. The fraction of sp³-hybridized carbons (Fsp3) is 0.419. The van der Waals surface area contributed by atoms with Crippen molar-refractivity contribution in [3.8, 4) is 11.4 Å². The summed E-state index contributed by atoms with van der Waals surface area (Å²) in [6.07, 6.45) is 5.58. The number of aliphatic hydroxyl groups excluding tert-OH is 1. The topological polar surface area (TPSA) is 111 Å². The largest absolute Gasteiger partial charge is 0.395 e. The summed E-state index contributed by atoms with van der Waals surface area (Å²) in [4.78, 5) is 39.2. The molecule has 1 aliphatic carbocycles. The molecule has 3 N–H and O–H groups in total. The van der Waals surface area contributed by atoms with Gasteiger partial charge < -0.3 is 20.6 Å². The van der Waals surface area contributed by atoms with Gasteiger partial charge in [0, 0.05) is 68.2 Å². The SMILES string of the molecule is O=C(N[C@@H](CCCN[C@@H]1C[C@H]1c1ccc(F)cc1)C(=O)N1CCN(CCO)CC1)c1ccc(-c2ncccn2)cc1. The van der Waals surface area contributed by atoms with Crippen LogP contribution in [0.1, 0.15) is 41.1 Å². The van der Waals surface area contributed by atoms with Crippen LogP contribution < -0.4 is 10.6 Å². The highest BCUT2D eigenvalue weighted by Crippen LogP contribution is 2.40. The number of aromatic nitrogens is 2. The van der Waals surface area contributed by atoms with Crippen LogP contribution in [0.5, 0.6) is 0 Å². The van der Waals surface area contributed by atoms with Crippen LogP contribution in [0.2, 0.25) is 0 Å². The lowest BCUT2D eigenvalue weighted by Gasteiger charge is -2.36. The van der Waals surface area contributed by atoms with E-state index in [0.29, 0.717) is 62.5 Å². The van der Waals surface area contributed by atoms with E-state index in [4.69, 9.17) is 0 Å². The monoisotopic (exact) mass is 560 g/mol. The number of aliphatic hydroxyl groups is 1. The van der Waals surface area contributed by atoms with Gasteiger partial charge in [-0.05, 0) is 61.7 Å². The Kier molecular flexibility index (Phi) is 9.66. The van der Waals surface area contributed by atoms with Crippen LogP contribution in [-0.2, 0) is 4.79 Å². The molecular formula is C31H37FN6O3. The maximum absolute atomic E-state index is 13.5. The van der Waals surface area contributed by atoms with Gasteiger partial charge in [-0.25, -0.2) is 14.4 Å². The molecule has 0 radical (unpaired) electrons. The third kappa shape index (κ3) is 7.72. The van der Waals surface area contributed by atoms with Crippen molar-refractivity contribution in [2.24, 2.45) is 0 Å². The highest BCUT2D eigenvalue weighted by Gasteiger charge is 2.37. The van der Waals surface area contributed by atoms with Crippen LogP contribution in [0.3, 0.4) is 0 Å². The highest BCUT2D eigenvalue weighted by molar-refractivity contribution is 5.97. The quantitative estimate of drug-likeness (QED) is 0.292. The molecule has 1 aliphatic heterocycles. The second-order valence-electron chi connectivity index (χ2n) is 10.7. The molecule has 2 aromatic carbocycles. The zero-order valence-corrected chi connectivity index (χ0v) is 23.1. The Morgan fingerprint density at radius 3 is 2.39 bits per heavy atom. The van der Waals surface area contributed by atoms with E-state index in [1.54, 1.807) is 42.7 Å². The number of piperazine rings is 1. The van der Waals surface area contributed by atoms with Crippen molar-refractivity contribution in [2.45, 2.75) is 37.3 Å². The van der Waals surface area contributed by atoms with Gasteiger partial charge in [-0.1, -0.05) is 24.3 Å². The predicted molar refractivity (Wildman–Crippen MR) is 154 cm³/mol. The summed E-state index contributed by atoms with van der Waals surface area (Å²) in [6.45, 7) is 3.94. The van der Waals surface area contributed by atoms with Gasteiger partial charge >= 0.3 is 0 Å². The number of β-amino-alcohol motifs (C(OH)–C–C–N with tert-alkyl or cyclic N) is 1. The summed E-state index contributed by atoms with van der Waals surface area (Å²) in [5.41, 5.74) is 2.41. The standard InChI is InChI=1S/C31H37FN6O3/c32-25-10-8-22(9-11-25)26-21-28(26)33-12-1-3-27(31(41)38-17-15-37(16-18-38)19-20-39)36-30(40)24-6-4-23(5-7-24)29-34-13-2-14-35-29/h2,4-11,13-14,26-28,33,39H,1,3,12,15-21H2,(H,36,40)/t26-,27-,28+/m0/s1. The molecule has 2 amide bonds. The first-order valence-corrected chi connectivity index (χ1v) is 14.3. The van der Waals surface area contributed by atoms with E-state index in [1.165, 1.54) is 12.1 Å². The minimum atomic E-state index is -0.641. The molecule has 10 heteroatoms. The molecule has 3 aromatic rings. The number of rotatable bonds is 12. The molecule has 2 aliphatic rings. The average Bonchev–Trinajstić information content (AvgIpc) is 3.79. The van der Waals surface area contributed by atoms with E-state index in [2.05, 4.69) is 25.5 Å². The number of carbonyl (C=O) groups excluding carboxylic acids is 2. The third-order valence-corrected chi connectivity index (χ3v) is 7.84. The third-order valence-electron chi connectivity index (χ3n) is 7.84. The zero-order chi connectivity index (χ0) is 28.6. The first-order valence-electron chi connectivity index (χ1n) is 14.3. The summed E-state index contributed by atoms with van der Waals surface area (Å²) in [7, 11) is 0. The molecule has 0 bridgehead atoms. The Bertz CT molecular complexity index is 1280. The van der Waals surface area contributed by atoms with Crippen molar-refractivity contribution < 1.29 is 19.1 Å². The molecule has 3 atom stereocenters. The van der Waals surface area contributed by atoms with Crippen LogP contribution in [0.15, 0.2) is 67.0 Å². The normalized spacial score (nSPS) is 19.5. The minimum Gasteiger partial charge on any atom is -0.395 e. The van der Waals surface area contributed by atoms with Crippen molar-refractivity contribution >= 4 is 11.8 Å². The number of carbonyl (C=O) groups is 2. The number of nitrogens with one attached hydrogen (secondary N) is 2. The highest BCUT2D eigenvalue weighted by atomic mass is 19.1. The zero-order valence-electron chi connectivity index (χ0n) is 23.1. The fourth-order valence-electron chi connectivity index (χ4n) is 5.36. The average molecular weight is 561 g/mol. The van der Waals surface area contributed by atoms with Crippen molar-refractivity contribution in [3.05, 3.63) is 83.9 Å². The van der Waals surface area contributed by atoms with E-state index in [9.17, 15) is 19.1 Å². The van der Waals surface area contributed by atoms with Gasteiger partial charge in [0.15, 0.2) is 5.82 Å². The number of halogens is 1. The lowest BCUT2D eigenvalue weighted by molar-refractivity contribution is -0.135. The first kappa shape index (κ1) is 28.8. The van der Waals surface area contributed by atoms with Gasteiger partial charge in [0.05, 0.1) is 6.61 Å². The first-order chi connectivity index (χ1) is 20.0. The maximum Gasteiger partial charge on any atom is 0.251 e. The van der Waals surface area contributed by atoms with Crippen molar-refractivity contribution in [1.82, 2.24) is 30.4 Å². The van der Waals surface area contributed by atoms with Crippen LogP contribution in [0.4, 0.5) is 4.39 Å². The molecule has 216 valence electrons. The van der Waals surface area contributed by atoms with Gasteiger partial charge in [0.1, 0.15) is 11.9 Å². The van der Waals surface area contributed by atoms with E-state index in [0.717, 1.165) is 30.5 Å². The van der Waals surface area contributed by atoms with Gasteiger partial charge in [-0.3, -0.25) is 14.5 Å². The van der Waals surface area contributed by atoms with E-state index < -0.39 is 6.04 Å². The van der Waals surface area contributed by atoms with Gasteiger partial charge in [-0.2, -0.15) is 0 Å². The van der Waals surface area contributed by atoms with Crippen LogP contribution in [-0.4, -0.2) is 94.6 Å². The van der Waals surface area contributed by atoms with E-state index in [-0.39, 0.29) is 24.2 Å². The second kappa shape index (κ2) is 13.8. The van der Waals surface area contributed by atoms with Crippen molar-refractivity contribution in [1.29, 1.82) is 0 Å². The molecule has 1 saturated heterocycles. The molecule has 0 unspecified atom stereocenters. The summed E-state index contributed by atoms with van der Waals surface area (Å²) in [5.74, 6) is 0.360. The number of amides is 2. The second-order valence-corrected chi connectivity index (χ2v) is 10.7. The minimum absolute atomic E-state index is 0.0769. The molecular weight excluding hydrogens is 523 g/mol. The number of hydrogen-bond donors (Lipinski definition) is 3. The fourth-order valence-corrected chi connectivity index (χ4v) is 5.36. The van der Waals surface area contributed by atoms with E-state index >= 15 is 0 Å². The smallest absolute Gasteiger partial charge is 0.251 e. The molecule has 2 heterocycles. The Morgan fingerprint density at radius 2 is 1.71 bits per heavy atom. The van der Waals surface area contributed by atoms with Crippen LogP contribution >= 0.6 is 0 Å². The Labute approximate surface area is 239 Å². The number of benzene rings is 2. The van der Waals surface area contributed by atoms with Gasteiger partial charge in [-0.15, -0.1) is 0 Å². The Balaban J connectivity index is 1.17. The van der Waals surface area contributed by atoms with E-state index in [1.807, 2.05) is 17.0 Å². The van der Waals surface area contributed by atoms with Crippen LogP contribution in [0.25, 0.3) is 11.4 Å². The Hall–Kier alpha value is -3.73. The molecule has 41 heavy (non-hydrogen) atoms. The molecule has 9 nitrogen and oxygen atoms in total. The lowest BCUT2D eigenvalue weighted by atomic mass is 10.1. The van der Waals surface area contributed by atoms with Crippen molar-refractivity contribution in [3.63, 3.8) is 0 Å². The summed E-state index contributed by atoms with van der Waals surface area (Å²) in [6, 6.07) is 15.2. The van der Waals surface area contributed by atoms with Crippen molar-refractivity contribution in [2.75, 3.05) is 45.9 Å². The van der Waals surface area contributed by atoms with Gasteiger partial charge in [0.2, 0.25) is 5.91 Å². The molecule has 2 fully saturated rings. The molecule has 1 aromatic heterocycles. The molecule has 1 saturated carbocycles. The van der Waals surface area contributed by atoms with Gasteiger partial charge in [0.25, 0.3) is 5.91 Å². The lowest BCUT2D eigenvalue weighted by Crippen LogP contribution is -2.55. The predicted octanol–water partition coefficient (Wildman–Crippen LogP) is 2.44. The number of nitrogens with zero attached hydrogens (tertiary/aromatic N) is 4.